The molecular weight excluding hydrogens is 490 g/mol. The number of amides is 1. The lowest BCUT2D eigenvalue weighted by Crippen LogP contribution is -2.34. The van der Waals surface area contributed by atoms with E-state index in [9.17, 15) is 9.59 Å². The number of para-hydroxylation sites is 1. The number of hydrogen-bond acceptors (Lipinski definition) is 6. The van der Waals surface area contributed by atoms with Gasteiger partial charge >= 0.3 is 5.97 Å². The molecule has 7 heteroatoms. The number of benzene rings is 3. The van der Waals surface area contributed by atoms with Gasteiger partial charge in [0.05, 0.1) is 17.7 Å². The van der Waals surface area contributed by atoms with E-state index in [0.29, 0.717) is 30.8 Å². The van der Waals surface area contributed by atoms with Crippen LogP contribution in [-0.2, 0) is 29.0 Å². The van der Waals surface area contributed by atoms with Gasteiger partial charge in [-0.05, 0) is 49.2 Å². The molecule has 39 heavy (non-hydrogen) atoms. The van der Waals surface area contributed by atoms with E-state index in [1.165, 1.54) is 5.56 Å². The third kappa shape index (κ3) is 6.10. The van der Waals surface area contributed by atoms with Crippen LogP contribution in [0.25, 0.3) is 10.9 Å². The predicted molar refractivity (Wildman–Crippen MR) is 152 cm³/mol. The first kappa shape index (κ1) is 26.4. The summed E-state index contributed by atoms with van der Waals surface area (Å²) in [7, 11) is 0. The molecule has 1 unspecified atom stereocenters. The van der Waals surface area contributed by atoms with Gasteiger partial charge in [-0.15, -0.1) is 0 Å². The summed E-state index contributed by atoms with van der Waals surface area (Å²) in [6.45, 7) is 6.53. The molecule has 5 rings (SSSR count). The van der Waals surface area contributed by atoms with Crippen LogP contribution in [-0.4, -0.2) is 41.0 Å². The average molecular weight is 524 g/mol. The Labute approximate surface area is 228 Å². The number of ether oxygens (including phenoxy) is 2. The van der Waals surface area contributed by atoms with Crippen molar-refractivity contribution >= 4 is 28.5 Å². The van der Waals surface area contributed by atoms with E-state index in [-0.39, 0.29) is 5.91 Å². The number of nitrogens with one attached hydrogen (secondary N) is 1. The van der Waals surface area contributed by atoms with Crippen molar-refractivity contribution in [3.8, 4) is 5.75 Å². The molecule has 0 saturated heterocycles. The van der Waals surface area contributed by atoms with Crippen LogP contribution in [0.1, 0.15) is 47.4 Å². The van der Waals surface area contributed by atoms with Gasteiger partial charge in [0.25, 0.3) is 5.91 Å². The monoisotopic (exact) mass is 523 g/mol. The van der Waals surface area contributed by atoms with Gasteiger partial charge in [-0.2, -0.15) is 0 Å². The molecule has 1 atom stereocenters. The normalized spacial score (nSPS) is 13.9. The van der Waals surface area contributed by atoms with E-state index in [4.69, 9.17) is 14.5 Å². The standard InChI is InChI=1S/C32H33N3O4/c1-3-29(31(36)33-23-14-16-24(17-15-23)38-4-2)39-32(37)30-25-12-8-9-13-27(25)34-28-18-19-35(21-26(28)30)20-22-10-6-5-7-11-22/h5-17,29H,3-4,18-21H2,1-2H3,(H,33,36). The molecule has 0 fully saturated rings. The van der Waals surface area contributed by atoms with Crippen molar-refractivity contribution in [1.29, 1.82) is 0 Å². The smallest absolute Gasteiger partial charge is 0.340 e. The minimum atomic E-state index is -0.935. The number of aromatic nitrogens is 1. The maximum atomic E-state index is 13.8. The zero-order chi connectivity index (χ0) is 27.2. The van der Waals surface area contributed by atoms with Crippen LogP contribution in [0, 0.1) is 0 Å². The molecule has 0 bridgehead atoms. The fraction of sp³-hybridized carbons (Fsp3) is 0.281. The van der Waals surface area contributed by atoms with Crippen molar-refractivity contribution in [2.24, 2.45) is 0 Å². The molecule has 0 saturated carbocycles. The van der Waals surface area contributed by atoms with Gasteiger partial charge in [-0.25, -0.2) is 4.79 Å². The second-order valence-electron chi connectivity index (χ2n) is 9.62. The molecule has 1 aliphatic heterocycles. The largest absolute Gasteiger partial charge is 0.494 e. The van der Waals surface area contributed by atoms with Crippen molar-refractivity contribution in [3.63, 3.8) is 0 Å². The maximum absolute atomic E-state index is 13.8. The Morgan fingerprint density at radius 2 is 1.72 bits per heavy atom. The van der Waals surface area contributed by atoms with Crippen LogP contribution in [0.4, 0.5) is 5.69 Å². The zero-order valence-electron chi connectivity index (χ0n) is 22.4. The number of fused-ring (bicyclic) bond motifs is 2. The van der Waals surface area contributed by atoms with Gasteiger partial charge in [-0.1, -0.05) is 55.5 Å². The van der Waals surface area contributed by atoms with Crippen LogP contribution < -0.4 is 10.1 Å². The number of carbonyl (C=O) groups excluding carboxylic acids is 2. The van der Waals surface area contributed by atoms with E-state index >= 15 is 0 Å². The van der Waals surface area contributed by atoms with E-state index in [0.717, 1.165) is 47.4 Å². The molecule has 7 nitrogen and oxygen atoms in total. The molecule has 1 N–H and O–H groups in total. The van der Waals surface area contributed by atoms with Gasteiger partial charge in [-0.3, -0.25) is 14.7 Å². The van der Waals surface area contributed by atoms with E-state index in [1.54, 1.807) is 24.3 Å². The van der Waals surface area contributed by atoms with Gasteiger partial charge < -0.3 is 14.8 Å². The quantitative estimate of drug-likeness (QED) is 0.281. The first-order valence-corrected chi connectivity index (χ1v) is 13.5. The first-order chi connectivity index (χ1) is 19.1. The summed E-state index contributed by atoms with van der Waals surface area (Å²) in [6, 6.07) is 25.1. The van der Waals surface area contributed by atoms with Gasteiger partial charge in [0.2, 0.25) is 0 Å². The molecule has 0 radical (unpaired) electrons. The number of nitrogens with zero attached hydrogens (tertiary/aromatic N) is 2. The van der Waals surface area contributed by atoms with E-state index in [2.05, 4.69) is 22.3 Å². The fourth-order valence-electron chi connectivity index (χ4n) is 4.99. The number of esters is 1. The molecule has 1 aliphatic rings. The van der Waals surface area contributed by atoms with Crippen LogP contribution >= 0.6 is 0 Å². The zero-order valence-corrected chi connectivity index (χ0v) is 22.4. The Hall–Kier alpha value is -4.23. The highest BCUT2D eigenvalue weighted by Crippen LogP contribution is 2.30. The third-order valence-corrected chi connectivity index (χ3v) is 6.92. The maximum Gasteiger partial charge on any atom is 0.340 e. The van der Waals surface area contributed by atoms with Crippen LogP contribution in [0.15, 0.2) is 78.9 Å². The summed E-state index contributed by atoms with van der Waals surface area (Å²) >= 11 is 0. The predicted octanol–water partition coefficient (Wildman–Crippen LogP) is 5.77. The Morgan fingerprint density at radius 1 is 0.974 bits per heavy atom. The number of anilines is 1. The second-order valence-corrected chi connectivity index (χ2v) is 9.62. The van der Waals surface area contributed by atoms with Crippen molar-refractivity contribution in [2.75, 3.05) is 18.5 Å². The topological polar surface area (TPSA) is 80.8 Å². The Bertz CT molecular complexity index is 1450. The fourth-order valence-corrected chi connectivity index (χ4v) is 4.99. The van der Waals surface area contributed by atoms with Gasteiger partial charge in [0.15, 0.2) is 6.10 Å². The summed E-state index contributed by atoms with van der Waals surface area (Å²) in [4.78, 5) is 34.1. The molecule has 3 aromatic carbocycles. The molecule has 0 aliphatic carbocycles. The Kier molecular flexibility index (Phi) is 8.18. The highest BCUT2D eigenvalue weighted by molar-refractivity contribution is 6.06. The van der Waals surface area contributed by atoms with Crippen LogP contribution in [0.2, 0.25) is 0 Å². The number of hydrogen-bond donors (Lipinski definition) is 1. The average Bonchev–Trinajstić information content (AvgIpc) is 2.96. The van der Waals surface area contributed by atoms with E-state index < -0.39 is 12.1 Å². The SMILES string of the molecule is CCOc1ccc(NC(=O)C(CC)OC(=O)c2c3c(nc4ccccc24)CCN(Cc2ccccc2)C3)cc1. The lowest BCUT2D eigenvalue weighted by atomic mass is 9.95. The molecular formula is C32H33N3O4. The second kappa shape index (κ2) is 12.1. The third-order valence-electron chi connectivity index (χ3n) is 6.92. The molecule has 4 aromatic rings. The first-order valence-electron chi connectivity index (χ1n) is 13.5. The number of pyridine rings is 1. The van der Waals surface area contributed by atoms with Gasteiger partial charge in [0, 0.05) is 48.4 Å². The number of rotatable bonds is 9. The molecule has 1 amide bonds. The summed E-state index contributed by atoms with van der Waals surface area (Å²) in [5.41, 5.74) is 4.88. The van der Waals surface area contributed by atoms with E-state index in [1.807, 2.05) is 56.3 Å². The molecule has 200 valence electrons. The van der Waals surface area contributed by atoms with Crippen molar-refractivity contribution in [3.05, 3.63) is 101 Å². The molecule has 2 heterocycles. The minimum Gasteiger partial charge on any atom is -0.494 e. The van der Waals surface area contributed by atoms with Crippen LogP contribution in [0.5, 0.6) is 5.75 Å². The molecule has 0 spiro atoms. The summed E-state index contributed by atoms with van der Waals surface area (Å²) in [5, 5.41) is 3.60. The lowest BCUT2D eigenvalue weighted by Gasteiger charge is -2.30. The van der Waals surface area contributed by atoms with Crippen LogP contribution in [0.3, 0.4) is 0 Å². The Balaban J connectivity index is 1.39. The summed E-state index contributed by atoms with van der Waals surface area (Å²) in [6.07, 6.45) is 0.151. The highest BCUT2D eigenvalue weighted by atomic mass is 16.5. The lowest BCUT2D eigenvalue weighted by molar-refractivity contribution is -0.124. The Morgan fingerprint density at radius 3 is 2.46 bits per heavy atom. The highest BCUT2D eigenvalue weighted by Gasteiger charge is 2.29. The van der Waals surface area contributed by atoms with Gasteiger partial charge in [0.1, 0.15) is 5.75 Å². The molecule has 1 aromatic heterocycles. The van der Waals surface area contributed by atoms with Crippen molar-refractivity contribution < 1.29 is 19.1 Å². The number of carbonyl (C=O) groups is 2. The van der Waals surface area contributed by atoms with Crippen molar-refractivity contribution in [2.45, 2.75) is 45.9 Å². The summed E-state index contributed by atoms with van der Waals surface area (Å²) < 4.78 is 11.4. The minimum absolute atomic E-state index is 0.347. The summed E-state index contributed by atoms with van der Waals surface area (Å²) in [5.74, 6) is -0.141. The van der Waals surface area contributed by atoms with Crippen molar-refractivity contribution in [1.82, 2.24) is 9.88 Å².